The largest absolute Gasteiger partial charge is 0.388 e. The first-order valence-corrected chi connectivity index (χ1v) is 4.50. The molecule has 0 heterocycles. The van der Waals surface area contributed by atoms with Crippen molar-refractivity contribution in [1.29, 1.82) is 0 Å². The van der Waals surface area contributed by atoms with Gasteiger partial charge in [-0.25, -0.2) is 0 Å². The topological polar surface area (TPSA) is 38.7 Å². The molecule has 0 rings (SSSR count). The van der Waals surface area contributed by atoms with Gasteiger partial charge in [-0.2, -0.15) is 0 Å². The van der Waals surface area contributed by atoms with E-state index in [1.807, 2.05) is 6.92 Å². The third-order valence-electron chi connectivity index (χ3n) is 1.28. The average Bonchev–Trinajstić information content (AvgIpc) is 2.00. The van der Waals surface area contributed by atoms with Crippen LogP contribution in [0.1, 0.15) is 20.8 Å². The maximum Gasteiger partial charge on any atom is 0.101 e. The highest BCUT2D eigenvalue weighted by Gasteiger charge is 2.03. The highest BCUT2D eigenvalue weighted by Crippen LogP contribution is 1.94. The van der Waals surface area contributed by atoms with E-state index in [2.05, 4.69) is 13.8 Å². The first kappa shape index (κ1) is 11.9. The lowest BCUT2D eigenvalue weighted by molar-refractivity contribution is -0.0214. The van der Waals surface area contributed by atoms with E-state index >= 15 is 0 Å². The number of ether oxygens (including phenoxy) is 2. The van der Waals surface area contributed by atoms with E-state index in [1.54, 1.807) is 0 Å². The summed E-state index contributed by atoms with van der Waals surface area (Å²) < 4.78 is 10.2. The third kappa shape index (κ3) is 7.98. The minimum atomic E-state index is -0.483. The lowest BCUT2D eigenvalue weighted by Crippen LogP contribution is -2.22. The molecule has 0 aliphatic rings. The molecular weight excluding hydrogens is 156 g/mol. The van der Waals surface area contributed by atoms with Crippen molar-refractivity contribution in [3.63, 3.8) is 0 Å². The van der Waals surface area contributed by atoms with Gasteiger partial charge in [0.25, 0.3) is 0 Å². The second-order valence-electron chi connectivity index (χ2n) is 3.24. The van der Waals surface area contributed by atoms with Crippen LogP contribution in [0.4, 0.5) is 0 Å². The Hall–Kier alpha value is -0.120. The maximum atomic E-state index is 9.24. The zero-order chi connectivity index (χ0) is 9.40. The molecule has 0 saturated carbocycles. The molecule has 0 bridgehead atoms. The zero-order valence-corrected chi connectivity index (χ0v) is 8.25. The molecule has 1 atom stereocenters. The molecule has 0 aromatic rings. The average molecular weight is 176 g/mol. The molecule has 0 aliphatic carbocycles. The zero-order valence-electron chi connectivity index (χ0n) is 8.25. The Morgan fingerprint density at radius 2 is 1.67 bits per heavy atom. The van der Waals surface area contributed by atoms with Crippen LogP contribution in [0, 0.1) is 5.92 Å². The molecule has 3 nitrogen and oxygen atoms in total. The highest BCUT2D eigenvalue weighted by molar-refractivity contribution is 4.51. The Balaban J connectivity index is 3.13. The fourth-order valence-electron chi connectivity index (χ4n) is 0.742. The molecule has 0 aromatic heterocycles. The predicted molar refractivity (Wildman–Crippen MR) is 48.2 cm³/mol. The van der Waals surface area contributed by atoms with E-state index in [0.717, 1.165) is 0 Å². The van der Waals surface area contributed by atoms with Gasteiger partial charge in [-0.05, 0) is 12.8 Å². The Morgan fingerprint density at radius 1 is 1.08 bits per heavy atom. The number of hydrogen-bond acceptors (Lipinski definition) is 3. The molecule has 12 heavy (non-hydrogen) atoms. The Kier molecular flexibility index (Phi) is 7.45. The van der Waals surface area contributed by atoms with Crippen molar-refractivity contribution in [2.24, 2.45) is 5.92 Å². The van der Waals surface area contributed by atoms with Crippen LogP contribution in [0.3, 0.4) is 0 Å². The van der Waals surface area contributed by atoms with Crippen LogP contribution in [0.2, 0.25) is 0 Å². The number of aliphatic hydroxyl groups excluding tert-OH is 1. The van der Waals surface area contributed by atoms with Gasteiger partial charge in [0.05, 0.1) is 13.2 Å². The summed E-state index contributed by atoms with van der Waals surface area (Å²) in [4.78, 5) is 0. The SMILES string of the molecule is CCOCC(O)COCC(C)C. The standard InChI is InChI=1S/C9H20O3/c1-4-11-6-9(10)7-12-5-8(2)3/h8-10H,4-7H2,1-3H3. The Morgan fingerprint density at radius 3 is 2.17 bits per heavy atom. The van der Waals surface area contributed by atoms with Gasteiger partial charge in [-0.15, -0.1) is 0 Å². The molecule has 3 heteroatoms. The first-order chi connectivity index (χ1) is 5.66. The van der Waals surface area contributed by atoms with Gasteiger partial charge in [0.15, 0.2) is 0 Å². The van der Waals surface area contributed by atoms with Gasteiger partial charge in [0.2, 0.25) is 0 Å². The van der Waals surface area contributed by atoms with Gasteiger partial charge in [-0.1, -0.05) is 13.8 Å². The van der Waals surface area contributed by atoms with Gasteiger partial charge in [0, 0.05) is 13.2 Å². The van der Waals surface area contributed by atoms with Crippen molar-refractivity contribution in [2.45, 2.75) is 26.9 Å². The van der Waals surface area contributed by atoms with Crippen LogP contribution in [0.15, 0.2) is 0 Å². The molecule has 0 radical (unpaired) electrons. The fraction of sp³-hybridized carbons (Fsp3) is 1.00. The Bertz CT molecular complexity index is 93.8. The normalized spacial score (nSPS) is 13.8. The number of rotatable bonds is 7. The summed E-state index contributed by atoms with van der Waals surface area (Å²) >= 11 is 0. The molecule has 0 saturated heterocycles. The molecule has 0 amide bonds. The van der Waals surface area contributed by atoms with Crippen molar-refractivity contribution < 1.29 is 14.6 Å². The highest BCUT2D eigenvalue weighted by atomic mass is 16.5. The van der Waals surface area contributed by atoms with E-state index < -0.39 is 6.10 Å². The lowest BCUT2D eigenvalue weighted by atomic mass is 10.2. The minimum absolute atomic E-state index is 0.370. The molecule has 1 N–H and O–H groups in total. The van der Waals surface area contributed by atoms with Crippen LogP contribution >= 0.6 is 0 Å². The molecular formula is C9H20O3. The van der Waals surface area contributed by atoms with E-state index in [4.69, 9.17) is 9.47 Å². The summed E-state index contributed by atoms with van der Waals surface area (Å²) in [6.45, 7) is 8.14. The van der Waals surface area contributed by atoms with E-state index in [0.29, 0.717) is 32.3 Å². The Labute approximate surface area is 74.7 Å². The summed E-state index contributed by atoms with van der Waals surface area (Å²) in [6.07, 6.45) is -0.483. The third-order valence-corrected chi connectivity index (χ3v) is 1.28. The van der Waals surface area contributed by atoms with Crippen LogP contribution in [-0.2, 0) is 9.47 Å². The van der Waals surface area contributed by atoms with Crippen LogP contribution < -0.4 is 0 Å². The van der Waals surface area contributed by atoms with E-state index in [-0.39, 0.29) is 0 Å². The van der Waals surface area contributed by atoms with Crippen molar-refractivity contribution >= 4 is 0 Å². The number of aliphatic hydroxyl groups is 1. The van der Waals surface area contributed by atoms with Crippen molar-refractivity contribution in [3.05, 3.63) is 0 Å². The van der Waals surface area contributed by atoms with Crippen LogP contribution in [0.5, 0.6) is 0 Å². The van der Waals surface area contributed by atoms with Crippen LogP contribution in [0.25, 0.3) is 0 Å². The fourth-order valence-corrected chi connectivity index (χ4v) is 0.742. The number of hydrogen-bond donors (Lipinski definition) is 1. The van der Waals surface area contributed by atoms with Crippen molar-refractivity contribution in [1.82, 2.24) is 0 Å². The summed E-state index contributed by atoms with van der Waals surface area (Å²) in [5.41, 5.74) is 0. The van der Waals surface area contributed by atoms with Gasteiger partial charge < -0.3 is 14.6 Å². The molecule has 0 aromatic carbocycles. The van der Waals surface area contributed by atoms with Gasteiger partial charge in [-0.3, -0.25) is 0 Å². The quantitative estimate of drug-likeness (QED) is 0.630. The lowest BCUT2D eigenvalue weighted by Gasteiger charge is -2.12. The second-order valence-corrected chi connectivity index (χ2v) is 3.24. The molecule has 0 aliphatic heterocycles. The summed E-state index contributed by atoms with van der Waals surface area (Å²) in [7, 11) is 0. The molecule has 1 unspecified atom stereocenters. The minimum Gasteiger partial charge on any atom is -0.388 e. The van der Waals surface area contributed by atoms with Crippen molar-refractivity contribution in [3.8, 4) is 0 Å². The maximum absolute atomic E-state index is 9.24. The summed E-state index contributed by atoms with van der Waals surface area (Å²) in [5, 5.41) is 9.24. The predicted octanol–water partition coefficient (Wildman–Crippen LogP) is 1.06. The second kappa shape index (κ2) is 7.53. The summed E-state index contributed by atoms with van der Waals surface area (Å²) in [5.74, 6) is 0.518. The first-order valence-electron chi connectivity index (χ1n) is 4.50. The smallest absolute Gasteiger partial charge is 0.101 e. The van der Waals surface area contributed by atoms with E-state index in [1.165, 1.54) is 0 Å². The molecule has 74 valence electrons. The molecule has 0 spiro atoms. The van der Waals surface area contributed by atoms with Crippen LogP contribution in [-0.4, -0.2) is 37.6 Å². The van der Waals surface area contributed by atoms with Crippen molar-refractivity contribution in [2.75, 3.05) is 26.4 Å². The van der Waals surface area contributed by atoms with Gasteiger partial charge >= 0.3 is 0 Å². The van der Waals surface area contributed by atoms with Gasteiger partial charge in [0.1, 0.15) is 6.10 Å². The van der Waals surface area contributed by atoms with E-state index in [9.17, 15) is 5.11 Å². The monoisotopic (exact) mass is 176 g/mol. The summed E-state index contributed by atoms with van der Waals surface area (Å²) in [6, 6.07) is 0. The molecule has 0 fully saturated rings.